The summed E-state index contributed by atoms with van der Waals surface area (Å²) in [6.07, 6.45) is 0. The Bertz CT molecular complexity index is 1200. The number of amides is 1. The Morgan fingerprint density at radius 2 is 1.84 bits per heavy atom. The molecule has 1 fully saturated rings. The number of nitrogens with one attached hydrogen (secondary N) is 2. The maximum atomic E-state index is 13.7. The number of ether oxygens (including phenoxy) is 1. The summed E-state index contributed by atoms with van der Waals surface area (Å²) >= 11 is 11.8. The van der Waals surface area contributed by atoms with Crippen LogP contribution in [0.25, 0.3) is 0 Å². The Hall–Kier alpha value is -3.09. The predicted octanol–water partition coefficient (Wildman–Crippen LogP) is 5.45. The molecule has 0 aliphatic carbocycles. The highest BCUT2D eigenvalue weighted by Crippen LogP contribution is 2.50. The summed E-state index contributed by atoms with van der Waals surface area (Å²) < 4.78 is 6.59. The van der Waals surface area contributed by atoms with Crippen LogP contribution in [-0.4, -0.2) is 16.7 Å². The lowest BCUT2D eigenvalue weighted by atomic mass is 9.78. The quantitative estimate of drug-likeness (QED) is 0.506. The molecule has 1 amide bonds. The summed E-state index contributed by atoms with van der Waals surface area (Å²) in [5.41, 5.74) is 2.50. The second-order valence-electron chi connectivity index (χ2n) is 8.27. The number of halogens is 1. The van der Waals surface area contributed by atoms with Crippen molar-refractivity contribution in [2.75, 3.05) is 10.2 Å². The Balaban J connectivity index is 1.62. The number of carbonyl (C=O) groups is 1. The van der Waals surface area contributed by atoms with Gasteiger partial charge in [0.1, 0.15) is 11.7 Å². The number of aryl methyl sites for hydroxylation is 1. The first-order valence-corrected chi connectivity index (χ1v) is 11.2. The predicted molar refractivity (Wildman–Crippen MR) is 131 cm³/mol. The van der Waals surface area contributed by atoms with Gasteiger partial charge in [0.25, 0.3) is 0 Å². The summed E-state index contributed by atoms with van der Waals surface area (Å²) in [5.74, 6) is -0.00290. The Kier molecular flexibility index (Phi) is 5.07. The summed E-state index contributed by atoms with van der Waals surface area (Å²) in [5, 5.41) is 7.59. The van der Waals surface area contributed by atoms with E-state index in [2.05, 4.69) is 16.7 Å². The van der Waals surface area contributed by atoms with Crippen molar-refractivity contribution in [2.24, 2.45) is 5.92 Å². The van der Waals surface area contributed by atoms with Crippen LogP contribution < -0.4 is 20.3 Å². The van der Waals surface area contributed by atoms with Crippen LogP contribution in [0.4, 0.5) is 11.4 Å². The fraction of sp³-hybridized carbons (Fsp3) is 0.200. The van der Waals surface area contributed by atoms with Gasteiger partial charge < -0.3 is 15.4 Å². The van der Waals surface area contributed by atoms with Gasteiger partial charge in [0, 0.05) is 22.0 Å². The highest BCUT2D eigenvalue weighted by Gasteiger charge is 2.59. The molecule has 5 rings (SSSR count). The van der Waals surface area contributed by atoms with Crippen molar-refractivity contribution in [3.63, 3.8) is 0 Å². The third-order valence-corrected chi connectivity index (χ3v) is 6.61. The molecule has 2 aliphatic heterocycles. The van der Waals surface area contributed by atoms with Crippen LogP contribution in [0.2, 0.25) is 5.02 Å². The van der Waals surface area contributed by atoms with Gasteiger partial charge in [0.05, 0.1) is 6.04 Å². The minimum atomic E-state index is -1.03. The number of rotatable bonds is 3. The largest absolute Gasteiger partial charge is 0.467 e. The molecule has 0 aromatic heterocycles. The van der Waals surface area contributed by atoms with Gasteiger partial charge in [0.2, 0.25) is 5.91 Å². The van der Waals surface area contributed by atoms with Gasteiger partial charge in [-0.1, -0.05) is 47.5 Å². The lowest BCUT2D eigenvalue weighted by Crippen LogP contribution is -2.72. The van der Waals surface area contributed by atoms with Crippen molar-refractivity contribution >= 4 is 46.2 Å². The molecule has 3 atom stereocenters. The molecule has 1 saturated heterocycles. The number of hydrogen-bond acceptors (Lipinski definition) is 3. The van der Waals surface area contributed by atoms with Crippen LogP contribution in [0.15, 0.2) is 72.8 Å². The molecule has 0 saturated carbocycles. The number of anilines is 2. The normalized spacial score (nSPS) is 23.6. The van der Waals surface area contributed by atoms with Gasteiger partial charge in [-0.3, -0.25) is 9.69 Å². The molecule has 0 radical (unpaired) electrons. The zero-order chi connectivity index (χ0) is 22.5. The van der Waals surface area contributed by atoms with Crippen LogP contribution in [0.3, 0.4) is 0 Å². The van der Waals surface area contributed by atoms with E-state index in [1.54, 1.807) is 24.3 Å². The van der Waals surface area contributed by atoms with Gasteiger partial charge in [-0.05, 0) is 68.5 Å². The third kappa shape index (κ3) is 3.40. The average Bonchev–Trinajstić information content (AvgIpc) is 2.76. The number of thiocarbonyl (C=S) groups is 1. The van der Waals surface area contributed by atoms with E-state index in [1.807, 2.05) is 61.2 Å². The van der Waals surface area contributed by atoms with E-state index < -0.39 is 11.6 Å². The SMILES string of the molecule is Cc1ccc2c(c1)[C@H]1NC(=S)N(c3ccccc3)[C@](C)(O2)[C@@H]1C(=O)Nc1ccc(Cl)cc1. The number of fused-ring (bicyclic) bond motifs is 4. The number of para-hydroxylation sites is 1. The number of carbonyl (C=O) groups excluding carboxylic acids is 1. The van der Waals surface area contributed by atoms with E-state index in [4.69, 9.17) is 28.6 Å². The van der Waals surface area contributed by atoms with Crippen LogP contribution in [-0.2, 0) is 4.79 Å². The van der Waals surface area contributed by atoms with Crippen LogP contribution in [0.1, 0.15) is 24.1 Å². The summed E-state index contributed by atoms with van der Waals surface area (Å²) in [6, 6.07) is 22.5. The molecule has 162 valence electrons. The van der Waals surface area contributed by atoms with E-state index in [9.17, 15) is 4.79 Å². The van der Waals surface area contributed by atoms with Crippen LogP contribution >= 0.6 is 23.8 Å². The molecule has 3 aromatic rings. The maximum absolute atomic E-state index is 13.7. The minimum absolute atomic E-state index is 0.164. The minimum Gasteiger partial charge on any atom is -0.467 e. The van der Waals surface area contributed by atoms with E-state index >= 15 is 0 Å². The molecule has 2 N–H and O–H groups in total. The first-order chi connectivity index (χ1) is 15.4. The fourth-order valence-corrected chi connectivity index (χ4v) is 5.16. The Morgan fingerprint density at radius 1 is 1.12 bits per heavy atom. The lowest BCUT2D eigenvalue weighted by Gasteiger charge is -2.56. The molecular weight excluding hydrogens is 442 g/mol. The highest BCUT2D eigenvalue weighted by atomic mass is 35.5. The van der Waals surface area contributed by atoms with E-state index in [1.165, 1.54) is 0 Å². The smallest absolute Gasteiger partial charge is 0.236 e. The van der Waals surface area contributed by atoms with E-state index in [0.717, 1.165) is 22.6 Å². The molecule has 2 heterocycles. The second kappa shape index (κ2) is 7.80. The van der Waals surface area contributed by atoms with E-state index in [-0.39, 0.29) is 11.9 Å². The molecule has 2 bridgehead atoms. The molecular formula is C25H22ClN3O2S. The van der Waals surface area contributed by atoms with E-state index in [0.29, 0.717) is 15.8 Å². The third-order valence-electron chi connectivity index (χ3n) is 6.06. The van der Waals surface area contributed by atoms with Gasteiger partial charge in [-0.2, -0.15) is 0 Å². The first-order valence-electron chi connectivity index (χ1n) is 10.4. The number of nitrogens with zero attached hydrogens (tertiary/aromatic N) is 1. The van der Waals surface area contributed by atoms with Crippen molar-refractivity contribution in [3.8, 4) is 5.75 Å². The van der Waals surface area contributed by atoms with Crippen molar-refractivity contribution in [1.29, 1.82) is 0 Å². The number of hydrogen-bond donors (Lipinski definition) is 2. The molecule has 0 spiro atoms. The maximum Gasteiger partial charge on any atom is 0.236 e. The monoisotopic (exact) mass is 463 g/mol. The molecule has 5 nitrogen and oxygen atoms in total. The summed E-state index contributed by atoms with van der Waals surface area (Å²) in [7, 11) is 0. The zero-order valence-electron chi connectivity index (χ0n) is 17.6. The highest BCUT2D eigenvalue weighted by molar-refractivity contribution is 7.80. The average molecular weight is 464 g/mol. The molecule has 2 aliphatic rings. The molecule has 32 heavy (non-hydrogen) atoms. The lowest BCUT2D eigenvalue weighted by molar-refractivity contribution is -0.130. The number of benzene rings is 3. The van der Waals surface area contributed by atoms with Gasteiger partial charge in [-0.25, -0.2) is 0 Å². The summed E-state index contributed by atoms with van der Waals surface area (Å²) in [4.78, 5) is 15.6. The van der Waals surface area contributed by atoms with Crippen molar-refractivity contribution in [2.45, 2.75) is 25.6 Å². The van der Waals surface area contributed by atoms with Crippen molar-refractivity contribution in [1.82, 2.24) is 5.32 Å². The Labute approximate surface area is 197 Å². The van der Waals surface area contributed by atoms with Crippen molar-refractivity contribution in [3.05, 3.63) is 88.9 Å². The molecule has 7 heteroatoms. The van der Waals surface area contributed by atoms with Crippen molar-refractivity contribution < 1.29 is 9.53 Å². The molecule has 3 aromatic carbocycles. The van der Waals surface area contributed by atoms with Crippen LogP contribution in [0, 0.1) is 12.8 Å². The Morgan fingerprint density at radius 3 is 2.56 bits per heavy atom. The second-order valence-corrected chi connectivity index (χ2v) is 9.09. The summed E-state index contributed by atoms with van der Waals surface area (Å²) in [6.45, 7) is 3.95. The van der Waals surface area contributed by atoms with Gasteiger partial charge >= 0.3 is 0 Å². The zero-order valence-corrected chi connectivity index (χ0v) is 19.2. The molecule has 0 unspecified atom stereocenters. The fourth-order valence-electron chi connectivity index (χ4n) is 4.62. The standard InChI is InChI=1S/C25H22ClN3O2S/c1-15-8-13-20-19(14-15)22-21(23(30)27-17-11-9-16(26)10-12-17)25(2,31-20)29(24(32)28-22)18-6-4-3-5-7-18/h3-14,21-22H,1-2H3,(H,27,30)(H,28,32)/t21-,22+,25+/m0/s1. The topological polar surface area (TPSA) is 53.6 Å². The first kappa shape index (κ1) is 20.8. The van der Waals surface area contributed by atoms with Crippen LogP contribution in [0.5, 0.6) is 5.75 Å². The van der Waals surface area contributed by atoms with Gasteiger partial charge in [-0.15, -0.1) is 0 Å². The van der Waals surface area contributed by atoms with Gasteiger partial charge in [0.15, 0.2) is 10.8 Å².